The summed E-state index contributed by atoms with van der Waals surface area (Å²) >= 11 is 0. The Bertz CT molecular complexity index is 820. The standard InChI is InChI=1S/C20H23N3O2/c1-3-15(2)23-19(13-14-21-23)22-20(24)12-10-17-9-11-18(25-17)16-7-5-4-6-8-16/h4-9,11,13-15H,3,10,12H2,1-2H3,(H,22,24). The minimum Gasteiger partial charge on any atom is -0.461 e. The second kappa shape index (κ2) is 7.83. The highest BCUT2D eigenvalue weighted by Crippen LogP contribution is 2.22. The topological polar surface area (TPSA) is 60.1 Å². The molecule has 2 heterocycles. The first kappa shape index (κ1) is 17.0. The van der Waals surface area contributed by atoms with Crippen LogP contribution in [-0.4, -0.2) is 15.7 Å². The molecule has 2 aromatic heterocycles. The van der Waals surface area contributed by atoms with Gasteiger partial charge in [-0.05, 0) is 25.5 Å². The van der Waals surface area contributed by atoms with E-state index in [1.54, 1.807) is 6.20 Å². The van der Waals surface area contributed by atoms with E-state index < -0.39 is 0 Å². The zero-order valence-corrected chi connectivity index (χ0v) is 14.6. The molecule has 0 saturated carbocycles. The molecule has 1 unspecified atom stereocenters. The first-order valence-electron chi connectivity index (χ1n) is 8.65. The summed E-state index contributed by atoms with van der Waals surface area (Å²) < 4.78 is 7.68. The molecule has 0 spiro atoms. The van der Waals surface area contributed by atoms with E-state index in [1.807, 2.05) is 53.2 Å². The van der Waals surface area contributed by atoms with Crippen molar-refractivity contribution in [1.82, 2.24) is 9.78 Å². The van der Waals surface area contributed by atoms with Gasteiger partial charge < -0.3 is 9.73 Å². The average molecular weight is 337 g/mol. The molecule has 0 saturated heterocycles. The highest BCUT2D eigenvalue weighted by atomic mass is 16.3. The Kier molecular flexibility index (Phi) is 5.33. The maximum Gasteiger partial charge on any atom is 0.225 e. The highest BCUT2D eigenvalue weighted by molar-refractivity contribution is 5.89. The summed E-state index contributed by atoms with van der Waals surface area (Å²) in [4.78, 5) is 12.2. The van der Waals surface area contributed by atoms with E-state index >= 15 is 0 Å². The number of hydrogen-bond donors (Lipinski definition) is 1. The van der Waals surface area contributed by atoms with E-state index in [9.17, 15) is 4.79 Å². The predicted octanol–water partition coefficient (Wildman–Crippen LogP) is 4.69. The number of rotatable bonds is 7. The lowest BCUT2D eigenvalue weighted by molar-refractivity contribution is -0.116. The molecule has 0 aliphatic rings. The normalized spacial score (nSPS) is 12.1. The molecule has 0 bridgehead atoms. The van der Waals surface area contributed by atoms with Gasteiger partial charge in [0.2, 0.25) is 5.91 Å². The van der Waals surface area contributed by atoms with Gasteiger partial charge in [-0.3, -0.25) is 4.79 Å². The number of amides is 1. The molecule has 1 amide bonds. The summed E-state index contributed by atoms with van der Waals surface area (Å²) in [5, 5.41) is 7.21. The maximum absolute atomic E-state index is 12.2. The Labute approximate surface area is 147 Å². The summed E-state index contributed by atoms with van der Waals surface area (Å²) in [5.41, 5.74) is 1.04. The monoisotopic (exact) mass is 337 g/mol. The van der Waals surface area contributed by atoms with Crippen molar-refractivity contribution in [2.24, 2.45) is 0 Å². The minimum atomic E-state index is -0.0392. The van der Waals surface area contributed by atoms with Crippen molar-refractivity contribution >= 4 is 11.7 Å². The van der Waals surface area contributed by atoms with E-state index in [4.69, 9.17) is 4.42 Å². The lowest BCUT2D eigenvalue weighted by Gasteiger charge is -2.14. The van der Waals surface area contributed by atoms with Gasteiger partial charge in [0.25, 0.3) is 0 Å². The Hall–Kier alpha value is -2.82. The third-order valence-corrected chi connectivity index (χ3v) is 4.26. The molecule has 25 heavy (non-hydrogen) atoms. The molecule has 1 atom stereocenters. The van der Waals surface area contributed by atoms with Crippen LogP contribution < -0.4 is 5.32 Å². The molecule has 1 aromatic carbocycles. The van der Waals surface area contributed by atoms with Gasteiger partial charge in [-0.2, -0.15) is 5.10 Å². The van der Waals surface area contributed by atoms with Crippen LogP contribution in [0.5, 0.6) is 0 Å². The first-order valence-corrected chi connectivity index (χ1v) is 8.65. The van der Waals surface area contributed by atoms with Crippen LogP contribution in [0.1, 0.15) is 38.5 Å². The van der Waals surface area contributed by atoms with Gasteiger partial charge in [-0.15, -0.1) is 0 Å². The molecule has 0 aliphatic carbocycles. The Balaban J connectivity index is 1.57. The van der Waals surface area contributed by atoms with Crippen LogP contribution in [-0.2, 0) is 11.2 Å². The first-order chi connectivity index (χ1) is 12.2. The van der Waals surface area contributed by atoms with Crippen molar-refractivity contribution in [1.29, 1.82) is 0 Å². The summed E-state index contributed by atoms with van der Waals surface area (Å²) in [7, 11) is 0. The number of anilines is 1. The fraction of sp³-hybridized carbons (Fsp3) is 0.300. The van der Waals surface area contributed by atoms with Crippen molar-refractivity contribution in [3.8, 4) is 11.3 Å². The highest BCUT2D eigenvalue weighted by Gasteiger charge is 2.12. The van der Waals surface area contributed by atoms with E-state index in [0.717, 1.165) is 29.3 Å². The van der Waals surface area contributed by atoms with Crippen LogP contribution >= 0.6 is 0 Å². The molecule has 5 nitrogen and oxygen atoms in total. The summed E-state index contributed by atoms with van der Waals surface area (Å²) in [6.07, 6.45) is 3.60. The van der Waals surface area contributed by atoms with Gasteiger partial charge in [0, 0.05) is 24.5 Å². The van der Waals surface area contributed by atoms with Crippen LogP contribution in [0.2, 0.25) is 0 Å². The summed E-state index contributed by atoms with van der Waals surface area (Å²) in [6.45, 7) is 4.18. The van der Waals surface area contributed by atoms with Gasteiger partial charge in [0.05, 0.1) is 12.2 Å². The van der Waals surface area contributed by atoms with Crippen LogP contribution in [0.25, 0.3) is 11.3 Å². The SMILES string of the molecule is CCC(C)n1nccc1NC(=O)CCc1ccc(-c2ccccc2)o1. The largest absolute Gasteiger partial charge is 0.461 e. The Morgan fingerprint density at radius 1 is 1.20 bits per heavy atom. The molecule has 0 fully saturated rings. The second-order valence-electron chi connectivity index (χ2n) is 6.10. The number of carbonyl (C=O) groups is 1. The quantitative estimate of drug-likeness (QED) is 0.680. The van der Waals surface area contributed by atoms with E-state index in [2.05, 4.69) is 24.3 Å². The molecular weight excluding hydrogens is 314 g/mol. The number of aromatic nitrogens is 2. The molecule has 1 N–H and O–H groups in total. The fourth-order valence-corrected chi connectivity index (χ4v) is 2.65. The smallest absolute Gasteiger partial charge is 0.225 e. The zero-order chi connectivity index (χ0) is 17.6. The molecule has 0 radical (unpaired) electrons. The number of benzene rings is 1. The van der Waals surface area contributed by atoms with Gasteiger partial charge in [0.1, 0.15) is 17.3 Å². The second-order valence-corrected chi connectivity index (χ2v) is 6.10. The number of hydrogen-bond acceptors (Lipinski definition) is 3. The molecule has 3 rings (SSSR count). The molecular formula is C20H23N3O2. The van der Waals surface area contributed by atoms with E-state index in [0.29, 0.717) is 12.8 Å². The average Bonchev–Trinajstić information content (AvgIpc) is 3.29. The number of nitrogens with zero attached hydrogens (tertiary/aromatic N) is 2. The van der Waals surface area contributed by atoms with E-state index in [-0.39, 0.29) is 11.9 Å². The summed E-state index contributed by atoms with van der Waals surface area (Å²) in [5.74, 6) is 2.33. The molecule has 0 aliphatic heterocycles. The van der Waals surface area contributed by atoms with Gasteiger partial charge >= 0.3 is 0 Å². The molecule has 5 heteroatoms. The van der Waals surface area contributed by atoms with Crippen LogP contribution in [0, 0.1) is 0 Å². The third-order valence-electron chi connectivity index (χ3n) is 4.26. The Morgan fingerprint density at radius 3 is 2.76 bits per heavy atom. The third kappa shape index (κ3) is 4.18. The van der Waals surface area contributed by atoms with Crippen LogP contribution in [0.3, 0.4) is 0 Å². The van der Waals surface area contributed by atoms with Gasteiger partial charge in [-0.25, -0.2) is 4.68 Å². The Morgan fingerprint density at radius 2 is 2.00 bits per heavy atom. The number of aryl methyl sites for hydroxylation is 1. The maximum atomic E-state index is 12.2. The van der Waals surface area contributed by atoms with Crippen molar-refractivity contribution in [3.63, 3.8) is 0 Å². The number of furan rings is 1. The lowest BCUT2D eigenvalue weighted by Crippen LogP contribution is -2.17. The van der Waals surface area contributed by atoms with Crippen molar-refractivity contribution in [3.05, 3.63) is 60.5 Å². The van der Waals surface area contributed by atoms with E-state index in [1.165, 1.54) is 0 Å². The van der Waals surface area contributed by atoms with Crippen LogP contribution in [0.4, 0.5) is 5.82 Å². The number of carbonyl (C=O) groups excluding carboxylic acids is 1. The molecule has 3 aromatic rings. The van der Waals surface area contributed by atoms with Crippen LogP contribution in [0.15, 0.2) is 59.1 Å². The minimum absolute atomic E-state index is 0.0392. The van der Waals surface area contributed by atoms with Gasteiger partial charge in [0.15, 0.2) is 0 Å². The summed E-state index contributed by atoms with van der Waals surface area (Å²) in [6, 6.07) is 15.9. The van der Waals surface area contributed by atoms with Crippen molar-refractivity contribution in [2.45, 2.75) is 39.2 Å². The van der Waals surface area contributed by atoms with Gasteiger partial charge in [-0.1, -0.05) is 37.3 Å². The lowest BCUT2D eigenvalue weighted by atomic mass is 10.2. The van der Waals surface area contributed by atoms with Crippen molar-refractivity contribution < 1.29 is 9.21 Å². The number of nitrogens with one attached hydrogen (secondary N) is 1. The molecule has 130 valence electrons. The fourth-order valence-electron chi connectivity index (χ4n) is 2.65. The van der Waals surface area contributed by atoms with Crippen molar-refractivity contribution in [2.75, 3.05) is 5.32 Å². The predicted molar refractivity (Wildman–Crippen MR) is 98.3 cm³/mol. The zero-order valence-electron chi connectivity index (χ0n) is 14.6.